The molecule has 0 N–H and O–H groups in total. The van der Waals surface area contributed by atoms with Gasteiger partial charge in [-0.15, -0.1) is 0 Å². The van der Waals surface area contributed by atoms with Gasteiger partial charge in [0.2, 0.25) is 12.4 Å². The molecule has 43 heavy (non-hydrogen) atoms. The molecule has 232 valence electrons. The molecule has 5 atom stereocenters. The van der Waals surface area contributed by atoms with E-state index in [1.54, 1.807) is 30.4 Å². The molecule has 13 heteroatoms. The predicted molar refractivity (Wildman–Crippen MR) is 147 cm³/mol. The van der Waals surface area contributed by atoms with Crippen LogP contribution < -0.4 is 14.2 Å². The van der Waals surface area contributed by atoms with E-state index in [2.05, 4.69) is 0 Å². The van der Waals surface area contributed by atoms with Crippen molar-refractivity contribution in [3.05, 3.63) is 53.3 Å². The standard InChI is InChI=1S/C30H33FO12/c1-16(32)38-15-25-27(39-17(2)33)28(40-18(3)34)29(41-19(4)35)30(42-25)43-26-21(13-23(36-5)14-24(26)37-6)10-7-20-8-11-22(31)12-9-20/h7-14,25,27-30H,15H2,1-6H3/b10-7+/t25-,27-,28+,29-,30+/m1/s1. The summed E-state index contributed by atoms with van der Waals surface area (Å²) in [6.45, 7) is 4.12. The van der Waals surface area contributed by atoms with Crippen molar-refractivity contribution in [3.8, 4) is 17.2 Å². The van der Waals surface area contributed by atoms with Gasteiger partial charge in [-0.05, 0) is 23.8 Å². The fraction of sp³-hybridized carbons (Fsp3) is 0.400. The quantitative estimate of drug-likeness (QED) is 0.211. The van der Waals surface area contributed by atoms with Crippen molar-refractivity contribution in [3.63, 3.8) is 0 Å². The Morgan fingerprint density at radius 3 is 1.95 bits per heavy atom. The molecule has 1 fully saturated rings. The smallest absolute Gasteiger partial charge is 0.303 e. The van der Waals surface area contributed by atoms with Gasteiger partial charge in [0.25, 0.3) is 0 Å². The SMILES string of the molecule is COc1cc(/C=C/c2ccc(F)cc2)c(O[C@@H]2O[C@H](COC(C)=O)[C@@H](OC(C)=O)[C@H](OC(C)=O)[C@H]2OC(C)=O)c(OC)c1. The fourth-order valence-corrected chi connectivity index (χ4v) is 4.28. The van der Waals surface area contributed by atoms with Gasteiger partial charge in [-0.3, -0.25) is 19.2 Å². The number of hydrogen-bond donors (Lipinski definition) is 0. The molecule has 0 aromatic heterocycles. The van der Waals surface area contributed by atoms with Crippen LogP contribution >= 0.6 is 0 Å². The third-order valence-electron chi connectivity index (χ3n) is 6.02. The van der Waals surface area contributed by atoms with Gasteiger partial charge in [0.05, 0.1) is 14.2 Å². The van der Waals surface area contributed by atoms with E-state index in [4.69, 9.17) is 37.9 Å². The van der Waals surface area contributed by atoms with Gasteiger partial charge in [0.1, 0.15) is 24.3 Å². The van der Waals surface area contributed by atoms with E-state index in [1.165, 1.54) is 39.3 Å². The molecule has 12 nitrogen and oxygen atoms in total. The summed E-state index contributed by atoms with van der Waals surface area (Å²) in [5, 5.41) is 0. The molecule has 0 aliphatic carbocycles. The number of hydrogen-bond acceptors (Lipinski definition) is 12. The largest absolute Gasteiger partial charge is 0.497 e. The van der Waals surface area contributed by atoms with Gasteiger partial charge in [-0.25, -0.2) is 4.39 Å². The second-order valence-corrected chi connectivity index (χ2v) is 9.32. The third kappa shape index (κ3) is 9.17. The zero-order valence-corrected chi connectivity index (χ0v) is 24.5. The highest BCUT2D eigenvalue weighted by Gasteiger charge is 2.53. The average molecular weight is 605 g/mol. The van der Waals surface area contributed by atoms with Crippen molar-refractivity contribution in [1.29, 1.82) is 0 Å². The third-order valence-corrected chi connectivity index (χ3v) is 6.02. The molecule has 1 aliphatic heterocycles. The van der Waals surface area contributed by atoms with Crippen molar-refractivity contribution in [2.45, 2.75) is 58.4 Å². The summed E-state index contributed by atoms with van der Waals surface area (Å²) >= 11 is 0. The molecule has 0 radical (unpaired) electrons. The van der Waals surface area contributed by atoms with Crippen LogP contribution in [0.4, 0.5) is 4.39 Å². The van der Waals surface area contributed by atoms with Gasteiger partial charge < -0.3 is 37.9 Å². The highest BCUT2D eigenvalue weighted by molar-refractivity contribution is 5.75. The summed E-state index contributed by atoms with van der Waals surface area (Å²) in [5.41, 5.74) is 1.08. The van der Waals surface area contributed by atoms with Gasteiger partial charge in [0, 0.05) is 39.3 Å². The van der Waals surface area contributed by atoms with E-state index in [-0.39, 0.29) is 11.5 Å². The van der Waals surface area contributed by atoms with Crippen LogP contribution in [0.25, 0.3) is 12.2 Å². The minimum absolute atomic E-state index is 0.0996. The summed E-state index contributed by atoms with van der Waals surface area (Å²) in [4.78, 5) is 48.0. The van der Waals surface area contributed by atoms with Crippen LogP contribution in [0.3, 0.4) is 0 Å². The summed E-state index contributed by atoms with van der Waals surface area (Å²) in [5.74, 6) is -2.68. The highest BCUT2D eigenvalue weighted by Crippen LogP contribution is 2.40. The molecule has 1 heterocycles. The van der Waals surface area contributed by atoms with Crippen LogP contribution in [0.2, 0.25) is 0 Å². The summed E-state index contributed by atoms with van der Waals surface area (Å²) in [7, 11) is 2.85. The molecular weight excluding hydrogens is 571 g/mol. The zero-order valence-electron chi connectivity index (χ0n) is 24.5. The first-order valence-corrected chi connectivity index (χ1v) is 13.1. The average Bonchev–Trinajstić information content (AvgIpc) is 2.94. The van der Waals surface area contributed by atoms with E-state index in [0.29, 0.717) is 16.9 Å². The molecule has 2 aromatic carbocycles. The lowest BCUT2D eigenvalue weighted by Crippen LogP contribution is -2.63. The topological polar surface area (TPSA) is 142 Å². The maximum Gasteiger partial charge on any atom is 0.303 e. The first kappa shape index (κ1) is 32.9. The first-order valence-electron chi connectivity index (χ1n) is 13.1. The summed E-state index contributed by atoms with van der Waals surface area (Å²) in [6, 6.07) is 8.92. The fourth-order valence-electron chi connectivity index (χ4n) is 4.28. The van der Waals surface area contributed by atoms with Crippen LogP contribution in [0.5, 0.6) is 17.2 Å². The van der Waals surface area contributed by atoms with E-state index in [9.17, 15) is 23.6 Å². The summed E-state index contributed by atoms with van der Waals surface area (Å²) < 4.78 is 58.2. The number of halogens is 1. The maximum atomic E-state index is 13.4. The van der Waals surface area contributed by atoms with E-state index < -0.39 is 67.0 Å². The van der Waals surface area contributed by atoms with Gasteiger partial charge in [-0.1, -0.05) is 24.3 Å². The molecule has 1 aliphatic rings. The van der Waals surface area contributed by atoms with E-state index in [0.717, 1.165) is 20.8 Å². The lowest BCUT2D eigenvalue weighted by molar-refractivity contribution is -0.288. The van der Waals surface area contributed by atoms with Crippen LogP contribution in [0.15, 0.2) is 36.4 Å². The predicted octanol–water partition coefficient (Wildman–Crippen LogP) is 3.48. The number of rotatable bonds is 11. The highest BCUT2D eigenvalue weighted by atomic mass is 19.1. The van der Waals surface area contributed by atoms with Gasteiger partial charge >= 0.3 is 23.9 Å². The molecule has 1 saturated heterocycles. The van der Waals surface area contributed by atoms with Crippen molar-refractivity contribution in [2.75, 3.05) is 20.8 Å². The van der Waals surface area contributed by atoms with Crippen molar-refractivity contribution < 1.29 is 61.5 Å². The Morgan fingerprint density at radius 2 is 1.40 bits per heavy atom. The van der Waals surface area contributed by atoms with Gasteiger partial charge in [0.15, 0.2) is 23.7 Å². The minimum atomic E-state index is -1.50. The Hall–Kier alpha value is -4.65. The molecular formula is C30H33FO12. The first-order chi connectivity index (χ1) is 20.4. The minimum Gasteiger partial charge on any atom is -0.497 e. The molecule has 0 unspecified atom stereocenters. The van der Waals surface area contributed by atoms with E-state index >= 15 is 0 Å². The Balaban J connectivity index is 2.13. The lowest BCUT2D eigenvalue weighted by Gasteiger charge is -2.44. The number of carbonyl (C=O) groups excluding carboxylic acids is 4. The lowest BCUT2D eigenvalue weighted by atomic mass is 9.98. The normalized spacial score (nSPS) is 21.4. The second kappa shape index (κ2) is 15.0. The molecule has 3 rings (SSSR count). The number of methoxy groups -OCH3 is 2. The van der Waals surface area contributed by atoms with Crippen LogP contribution in [-0.4, -0.2) is 75.4 Å². The van der Waals surface area contributed by atoms with Crippen LogP contribution in [-0.2, 0) is 42.9 Å². The Bertz CT molecular complexity index is 1340. The molecule has 2 aromatic rings. The number of benzene rings is 2. The summed E-state index contributed by atoms with van der Waals surface area (Å²) in [6.07, 6.45) is -3.60. The molecule has 0 bridgehead atoms. The second-order valence-electron chi connectivity index (χ2n) is 9.32. The van der Waals surface area contributed by atoms with E-state index in [1.807, 2.05) is 0 Å². The van der Waals surface area contributed by atoms with Crippen molar-refractivity contribution >= 4 is 36.0 Å². The Labute approximate surface area is 247 Å². The van der Waals surface area contributed by atoms with Crippen molar-refractivity contribution in [1.82, 2.24) is 0 Å². The molecule has 0 saturated carbocycles. The number of ether oxygens (including phenoxy) is 8. The maximum absolute atomic E-state index is 13.4. The van der Waals surface area contributed by atoms with Crippen molar-refractivity contribution in [2.24, 2.45) is 0 Å². The molecule has 0 amide bonds. The Morgan fingerprint density at radius 1 is 0.791 bits per heavy atom. The van der Waals surface area contributed by atoms with Gasteiger partial charge in [-0.2, -0.15) is 0 Å². The zero-order chi connectivity index (χ0) is 31.7. The molecule has 0 spiro atoms. The van der Waals surface area contributed by atoms with Crippen LogP contribution in [0.1, 0.15) is 38.8 Å². The number of esters is 4. The number of carbonyl (C=O) groups is 4. The van der Waals surface area contributed by atoms with Crippen LogP contribution in [0, 0.1) is 5.82 Å². The monoisotopic (exact) mass is 604 g/mol. The Kier molecular flexibility index (Phi) is 11.5.